The van der Waals surface area contributed by atoms with Crippen molar-refractivity contribution in [1.82, 2.24) is 14.5 Å². The van der Waals surface area contributed by atoms with Gasteiger partial charge in [0.1, 0.15) is 5.82 Å². The van der Waals surface area contributed by atoms with Crippen molar-refractivity contribution in [3.8, 4) is 0 Å². The number of nitrogen functional groups attached to an aromatic ring is 1. The molecule has 0 amide bonds. The van der Waals surface area contributed by atoms with Gasteiger partial charge in [0.2, 0.25) is 5.95 Å². The minimum absolute atomic E-state index is 0.0538. The van der Waals surface area contributed by atoms with Crippen molar-refractivity contribution >= 4 is 11.8 Å². The van der Waals surface area contributed by atoms with Gasteiger partial charge in [-0.05, 0) is 19.4 Å². The van der Waals surface area contributed by atoms with Gasteiger partial charge >= 0.3 is 0 Å². The number of hydrogen-bond donors (Lipinski definition) is 2. The summed E-state index contributed by atoms with van der Waals surface area (Å²) in [5.41, 5.74) is 6.46. The first kappa shape index (κ1) is 15.0. The molecule has 0 fully saturated rings. The van der Waals surface area contributed by atoms with Crippen LogP contribution in [0.4, 0.5) is 11.8 Å². The van der Waals surface area contributed by atoms with Gasteiger partial charge in [-0.1, -0.05) is 19.4 Å². The predicted octanol–water partition coefficient (Wildman–Crippen LogP) is 1.87. The summed E-state index contributed by atoms with van der Waals surface area (Å²) in [6, 6.07) is 5.37. The molecule has 0 saturated heterocycles. The van der Waals surface area contributed by atoms with E-state index in [1.54, 1.807) is 23.0 Å². The molecule has 2 aromatic heterocycles. The zero-order valence-electron chi connectivity index (χ0n) is 12.4. The monoisotopic (exact) mass is 287 g/mol. The Bertz CT molecular complexity index is 653. The number of rotatable bonds is 6. The predicted molar refractivity (Wildman–Crippen MR) is 84.2 cm³/mol. The fourth-order valence-electron chi connectivity index (χ4n) is 2.17. The van der Waals surface area contributed by atoms with Gasteiger partial charge in [0.05, 0.1) is 6.54 Å². The molecule has 0 aliphatic rings. The lowest BCUT2D eigenvalue weighted by atomic mass is 10.2. The minimum atomic E-state index is -0.0538. The summed E-state index contributed by atoms with van der Waals surface area (Å²) in [5, 5.41) is 3.35. The van der Waals surface area contributed by atoms with Crippen LogP contribution < -0.4 is 16.6 Å². The van der Waals surface area contributed by atoms with Gasteiger partial charge in [-0.15, -0.1) is 0 Å². The first-order chi connectivity index (χ1) is 10.1. The van der Waals surface area contributed by atoms with Crippen LogP contribution in [0.25, 0.3) is 0 Å². The van der Waals surface area contributed by atoms with Crippen LogP contribution in [0.5, 0.6) is 0 Å². The lowest BCUT2D eigenvalue weighted by Gasteiger charge is -2.17. The summed E-state index contributed by atoms with van der Waals surface area (Å²) in [4.78, 5) is 20.1. The highest BCUT2D eigenvalue weighted by Crippen LogP contribution is 2.16. The van der Waals surface area contributed by atoms with Crippen molar-refractivity contribution in [3.05, 3.63) is 46.5 Å². The maximum atomic E-state index is 11.8. The minimum Gasteiger partial charge on any atom is -0.368 e. The van der Waals surface area contributed by atoms with Gasteiger partial charge in [-0.3, -0.25) is 4.79 Å². The van der Waals surface area contributed by atoms with E-state index in [0.717, 1.165) is 18.4 Å². The van der Waals surface area contributed by atoms with Crippen molar-refractivity contribution in [2.45, 2.75) is 39.3 Å². The molecule has 0 aromatic carbocycles. The molecular weight excluding hydrogens is 266 g/mol. The molecule has 0 radical (unpaired) electrons. The van der Waals surface area contributed by atoms with Crippen molar-refractivity contribution in [1.29, 1.82) is 0 Å². The fraction of sp³-hybridized carbons (Fsp3) is 0.400. The molecule has 21 heavy (non-hydrogen) atoms. The van der Waals surface area contributed by atoms with Crippen molar-refractivity contribution < 1.29 is 0 Å². The standard InChI is InChI=1S/C15H21N5O/c1-3-6-11(2)18-14-12(9-17-15(16)19-14)10-20-8-5-4-7-13(20)21/h4-5,7-9,11H,3,6,10H2,1-2H3,(H3,16,17,18,19). The van der Waals surface area contributed by atoms with Gasteiger partial charge in [0.15, 0.2) is 0 Å². The fourth-order valence-corrected chi connectivity index (χ4v) is 2.17. The second-order valence-electron chi connectivity index (χ2n) is 5.10. The van der Waals surface area contributed by atoms with E-state index < -0.39 is 0 Å². The summed E-state index contributed by atoms with van der Waals surface area (Å²) in [6.07, 6.45) is 5.54. The maximum Gasteiger partial charge on any atom is 0.250 e. The molecule has 2 heterocycles. The van der Waals surface area contributed by atoms with Crippen LogP contribution in [0.2, 0.25) is 0 Å². The molecule has 0 saturated carbocycles. The third kappa shape index (κ3) is 4.05. The molecule has 1 atom stereocenters. The van der Waals surface area contributed by atoms with Crippen LogP contribution in [0, 0.1) is 0 Å². The maximum absolute atomic E-state index is 11.8. The normalized spacial score (nSPS) is 12.1. The van der Waals surface area contributed by atoms with E-state index in [0.29, 0.717) is 12.4 Å². The highest BCUT2D eigenvalue weighted by Gasteiger charge is 2.10. The van der Waals surface area contributed by atoms with E-state index in [1.807, 2.05) is 6.07 Å². The highest BCUT2D eigenvalue weighted by molar-refractivity contribution is 5.46. The molecule has 112 valence electrons. The Balaban J connectivity index is 2.26. The number of aromatic nitrogens is 3. The van der Waals surface area contributed by atoms with Gasteiger partial charge in [0, 0.05) is 30.1 Å². The molecule has 2 aromatic rings. The van der Waals surface area contributed by atoms with Crippen molar-refractivity contribution in [2.75, 3.05) is 11.1 Å². The first-order valence-electron chi connectivity index (χ1n) is 7.13. The van der Waals surface area contributed by atoms with Crippen LogP contribution >= 0.6 is 0 Å². The molecule has 0 aliphatic carbocycles. The molecule has 6 heteroatoms. The Kier molecular flexibility index (Phi) is 4.92. The summed E-state index contributed by atoms with van der Waals surface area (Å²) < 4.78 is 1.62. The smallest absolute Gasteiger partial charge is 0.250 e. The molecule has 6 nitrogen and oxygen atoms in total. The number of hydrogen-bond acceptors (Lipinski definition) is 5. The van der Waals surface area contributed by atoms with Crippen LogP contribution in [0.15, 0.2) is 35.4 Å². The largest absolute Gasteiger partial charge is 0.368 e. The van der Waals surface area contributed by atoms with E-state index in [1.165, 1.54) is 6.07 Å². The SMILES string of the molecule is CCCC(C)Nc1nc(N)ncc1Cn1ccccc1=O. The Labute approximate surface area is 124 Å². The molecule has 0 aliphatic heterocycles. The van der Waals surface area contributed by atoms with Gasteiger partial charge in [0.25, 0.3) is 5.56 Å². The van der Waals surface area contributed by atoms with E-state index >= 15 is 0 Å². The molecule has 0 spiro atoms. The van der Waals surface area contributed by atoms with Crippen LogP contribution in [0.1, 0.15) is 32.3 Å². The zero-order chi connectivity index (χ0) is 15.2. The van der Waals surface area contributed by atoms with E-state index in [-0.39, 0.29) is 17.5 Å². The van der Waals surface area contributed by atoms with Gasteiger partial charge < -0.3 is 15.6 Å². The third-order valence-electron chi connectivity index (χ3n) is 3.23. The summed E-state index contributed by atoms with van der Waals surface area (Å²) in [5.74, 6) is 0.921. The molecule has 2 rings (SSSR count). The Morgan fingerprint density at radius 2 is 2.24 bits per heavy atom. The number of nitrogens with one attached hydrogen (secondary N) is 1. The Morgan fingerprint density at radius 1 is 1.43 bits per heavy atom. The molecule has 1 unspecified atom stereocenters. The summed E-state index contributed by atoms with van der Waals surface area (Å²) >= 11 is 0. The number of nitrogens with zero attached hydrogens (tertiary/aromatic N) is 3. The third-order valence-corrected chi connectivity index (χ3v) is 3.23. The Hall–Kier alpha value is -2.37. The van der Waals surface area contributed by atoms with Gasteiger partial charge in [-0.2, -0.15) is 4.98 Å². The average Bonchev–Trinajstić information content (AvgIpc) is 2.44. The van der Waals surface area contributed by atoms with E-state index in [4.69, 9.17) is 5.73 Å². The second-order valence-corrected chi connectivity index (χ2v) is 5.10. The van der Waals surface area contributed by atoms with E-state index in [9.17, 15) is 4.79 Å². The van der Waals surface area contributed by atoms with Gasteiger partial charge in [-0.25, -0.2) is 4.98 Å². The van der Waals surface area contributed by atoms with Crippen LogP contribution in [0.3, 0.4) is 0 Å². The Morgan fingerprint density at radius 3 is 2.95 bits per heavy atom. The number of pyridine rings is 1. The quantitative estimate of drug-likeness (QED) is 0.847. The first-order valence-corrected chi connectivity index (χ1v) is 7.13. The highest BCUT2D eigenvalue weighted by atomic mass is 16.1. The lowest BCUT2D eigenvalue weighted by molar-refractivity contribution is 0.682. The van der Waals surface area contributed by atoms with E-state index in [2.05, 4.69) is 29.1 Å². The molecule has 0 bridgehead atoms. The summed E-state index contributed by atoms with van der Waals surface area (Å²) in [6.45, 7) is 4.65. The lowest BCUT2D eigenvalue weighted by Crippen LogP contribution is -2.22. The zero-order valence-corrected chi connectivity index (χ0v) is 12.4. The number of nitrogens with two attached hydrogens (primary N) is 1. The van der Waals surface area contributed by atoms with Crippen LogP contribution in [-0.2, 0) is 6.54 Å². The second kappa shape index (κ2) is 6.88. The van der Waals surface area contributed by atoms with Crippen LogP contribution in [-0.4, -0.2) is 20.6 Å². The number of anilines is 2. The van der Waals surface area contributed by atoms with Crippen molar-refractivity contribution in [2.24, 2.45) is 0 Å². The summed E-state index contributed by atoms with van der Waals surface area (Å²) in [7, 11) is 0. The molecular formula is C15H21N5O. The molecule has 3 N–H and O–H groups in total. The van der Waals surface area contributed by atoms with Crippen molar-refractivity contribution in [3.63, 3.8) is 0 Å². The topological polar surface area (TPSA) is 85.8 Å². The average molecular weight is 287 g/mol.